The van der Waals surface area contributed by atoms with Crippen molar-refractivity contribution in [2.75, 3.05) is 13.2 Å². The summed E-state index contributed by atoms with van der Waals surface area (Å²) >= 11 is 0. The Labute approximate surface area is 145 Å². The van der Waals surface area contributed by atoms with Crippen molar-refractivity contribution in [1.29, 1.82) is 0 Å². The molecule has 3 fully saturated rings. The molecule has 0 spiro atoms. The molecule has 3 rings (SSSR count). The van der Waals surface area contributed by atoms with Crippen molar-refractivity contribution in [2.24, 2.45) is 17.8 Å². The molecule has 0 aliphatic carbocycles. The van der Waals surface area contributed by atoms with Crippen molar-refractivity contribution in [1.82, 2.24) is 0 Å². The summed E-state index contributed by atoms with van der Waals surface area (Å²) in [5, 5.41) is 0. The Balaban J connectivity index is 1.68. The lowest BCUT2D eigenvalue weighted by Gasteiger charge is -2.25. The Hall–Kier alpha value is -0.240. The van der Waals surface area contributed by atoms with Crippen molar-refractivity contribution < 1.29 is 28.4 Å². The zero-order valence-electron chi connectivity index (χ0n) is 15.6. The zero-order chi connectivity index (χ0) is 17.4. The van der Waals surface area contributed by atoms with Gasteiger partial charge in [-0.1, -0.05) is 41.5 Å². The SMILES string of the molecule is CC(C)C1OCC(C2OC(C(C)C)OC2C2COC(C(C)C)O2)O1. The summed E-state index contributed by atoms with van der Waals surface area (Å²) in [7, 11) is 0. The normalized spacial score (nSPS) is 43.6. The van der Waals surface area contributed by atoms with Crippen LogP contribution in [0.15, 0.2) is 0 Å². The average molecular weight is 344 g/mol. The van der Waals surface area contributed by atoms with Gasteiger partial charge in [-0.25, -0.2) is 0 Å². The lowest BCUT2D eigenvalue weighted by atomic mass is 10.0. The highest BCUT2D eigenvalue weighted by Gasteiger charge is 2.51. The van der Waals surface area contributed by atoms with E-state index in [1.54, 1.807) is 0 Å². The lowest BCUT2D eigenvalue weighted by Crippen LogP contribution is -2.44. The van der Waals surface area contributed by atoms with E-state index in [1.807, 2.05) is 0 Å². The van der Waals surface area contributed by atoms with Gasteiger partial charge in [0, 0.05) is 17.8 Å². The van der Waals surface area contributed by atoms with E-state index in [1.165, 1.54) is 0 Å². The predicted molar refractivity (Wildman–Crippen MR) is 87.3 cm³/mol. The first-order valence-corrected chi connectivity index (χ1v) is 9.21. The molecular formula is C18H32O6. The van der Waals surface area contributed by atoms with Gasteiger partial charge in [0.05, 0.1) is 13.2 Å². The smallest absolute Gasteiger partial charge is 0.161 e. The topological polar surface area (TPSA) is 55.4 Å². The molecular weight excluding hydrogens is 312 g/mol. The Kier molecular flexibility index (Phi) is 5.84. The fourth-order valence-electron chi connectivity index (χ4n) is 3.33. The van der Waals surface area contributed by atoms with Gasteiger partial charge < -0.3 is 28.4 Å². The molecule has 0 aromatic carbocycles. The summed E-state index contributed by atoms with van der Waals surface area (Å²) in [5.74, 6) is 0.894. The molecule has 6 heteroatoms. The maximum atomic E-state index is 6.19. The van der Waals surface area contributed by atoms with Gasteiger partial charge in [-0.3, -0.25) is 0 Å². The minimum Gasteiger partial charge on any atom is -0.350 e. The summed E-state index contributed by atoms with van der Waals surface area (Å²) in [6, 6.07) is 0. The van der Waals surface area contributed by atoms with Gasteiger partial charge in [0.25, 0.3) is 0 Å². The number of hydrogen-bond acceptors (Lipinski definition) is 6. The number of hydrogen-bond donors (Lipinski definition) is 0. The van der Waals surface area contributed by atoms with Crippen LogP contribution >= 0.6 is 0 Å². The molecule has 140 valence electrons. The van der Waals surface area contributed by atoms with Gasteiger partial charge in [-0.05, 0) is 0 Å². The molecule has 0 aromatic rings. The van der Waals surface area contributed by atoms with Gasteiger partial charge >= 0.3 is 0 Å². The monoisotopic (exact) mass is 344 g/mol. The Morgan fingerprint density at radius 3 is 1.21 bits per heavy atom. The van der Waals surface area contributed by atoms with E-state index in [0.29, 0.717) is 25.0 Å². The quantitative estimate of drug-likeness (QED) is 0.764. The fraction of sp³-hybridized carbons (Fsp3) is 1.00. The zero-order valence-corrected chi connectivity index (χ0v) is 15.6. The highest BCUT2D eigenvalue weighted by atomic mass is 16.8. The van der Waals surface area contributed by atoms with Crippen LogP contribution in [0, 0.1) is 17.8 Å². The van der Waals surface area contributed by atoms with Gasteiger partial charge in [0.1, 0.15) is 24.4 Å². The highest BCUT2D eigenvalue weighted by molar-refractivity contribution is 4.93. The van der Waals surface area contributed by atoms with Gasteiger partial charge in [0.2, 0.25) is 0 Å². The highest BCUT2D eigenvalue weighted by Crippen LogP contribution is 2.36. The summed E-state index contributed by atoms with van der Waals surface area (Å²) in [5.41, 5.74) is 0. The van der Waals surface area contributed by atoms with Crippen LogP contribution in [-0.2, 0) is 28.4 Å². The predicted octanol–water partition coefficient (Wildman–Crippen LogP) is 2.55. The van der Waals surface area contributed by atoms with Crippen molar-refractivity contribution in [3.63, 3.8) is 0 Å². The molecule has 3 heterocycles. The molecule has 0 aromatic heterocycles. The van der Waals surface area contributed by atoms with Crippen LogP contribution in [0.2, 0.25) is 0 Å². The molecule has 6 nitrogen and oxygen atoms in total. The fourth-order valence-corrected chi connectivity index (χ4v) is 3.33. The maximum absolute atomic E-state index is 6.19. The third-order valence-corrected chi connectivity index (χ3v) is 4.74. The standard InChI is InChI=1S/C18H32O6/c1-9(2)16-19-7-12(21-16)14-15(24-18(23-14)11(5)6)13-8-20-17(22-13)10(3)4/h9-18H,7-8H2,1-6H3. The van der Waals surface area contributed by atoms with Crippen molar-refractivity contribution in [3.8, 4) is 0 Å². The molecule has 6 atom stereocenters. The summed E-state index contributed by atoms with van der Waals surface area (Å²) in [4.78, 5) is 0. The molecule has 0 amide bonds. The molecule has 24 heavy (non-hydrogen) atoms. The first kappa shape index (κ1) is 18.5. The third kappa shape index (κ3) is 3.79. The molecule has 0 bridgehead atoms. The van der Waals surface area contributed by atoms with E-state index in [9.17, 15) is 0 Å². The minimum absolute atomic E-state index is 0.132. The Morgan fingerprint density at radius 1 is 0.542 bits per heavy atom. The minimum atomic E-state index is -0.247. The van der Waals surface area contributed by atoms with E-state index in [4.69, 9.17) is 28.4 Å². The summed E-state index contributed by atoms with van der Waals surface area (Å²) in [6.45, 7) is 13.6. The first-order chi connectivity index (χ1) is 11.4. The van der Waals surface area contributed by atoms with E-state index in [-0.39, 0.29) is 49.2 Å². The number of ether oxygens (including phenoxy) is 6. The van der Waals surface area contributed by atoms with E-state index in [0.717, 1.165) is 0 Å². The van der Waals surface area contributed by atoms with E-state index in [2.05, 4.69) is 41.5 Å². The molecule has 3 aliphatic heterocycles. The van der Waals surface area contributed by atoms with Crippen molar-refractivity contribution >= 4 is 0 Å². The van der Waals surface area contributed by atoms with Crippen molar-refractivity contribution in [3.05, 3.63) is 0 Å². The summed E-state index contributed by atoms with van der Waals surface area (Å²) in [6.07, 6.45) is -1.26. The third-order valence-electron chi connectivity index (χ3n) is 4.74. The molecule has 0 radical (unpaired) electrons. The Morgan fingerprint density at radius 2 is 0.917 bits per heavy atom. The molecule has 0 saturated carbocycles. The van der Waals surface area contributed by atoms with Crippen LogP contribution in [0.4, 0.5) is 0 Å². The van der Waals surface area contributed by atoms with Crippen LogP contribution in [0.5, 0.6) is 0 Å². The maximum Gasteiger partial charge on any atom is 0.161 e. The van der Waals surface area contributed by atoms with Crippen molar-refractivity contribution in [2.45, 2.75) is 84.8 Å². The second-order valence-electron chi connectivity index (χ2n) is 8.05. The van der Waals surface area contributed by atoms with Gasteiger partial charge in [-0.15, -0.1) is 0 Å². The van der Waals surface area contributed by atoms with Crippen LogP contribution < -0.4 is 0 Å². The van der Waals surface area contributed by atoms with Crippen LogP contribution in [-0.4, -0.2) is 56.5 Å². The molecule has 3 saturated heterocycles. The van der Waals surface area contributed by atoms with Crippen LogP contribution in [0.25, 0.3) is 0 Å². The average Bonchev–Trinajstić information content (AvgIpc) is 3.24. The second-order valence-corrected chi connectivity index (χ2v) is 8.05. The van der Waals surface area contributed by atoms with Gasteiger partial charge in [-0.2, -0.15) is 0 Å². The van der Waals surface area contributed by atoms with Crippen LogP contribution in [0.3, 0.4) is 0 Å². The molecule has 3 aliphatic rings. The Bertz CT molecular complexity index is 378. The van der Waals surface area contributed by atoms with E-state index >= 15 is 0 Å². The lowest BCUT2D eigenvalue weighted by molar-refractivity contribution is -0.129. The molecule has 6 unspecified atom stereocenters. The summed E-state index contributed by atoms with van der Waals surface area (Å²) < 4.78 is 36.1. The number of rotatable bonds is 5. The van der Waals surface area contributed by atoms with Crippen LogP contribution in [0.1, 0.15) is 41.5 Å². The largest absolute Gasteiger partial charge is 0.350 e. The first-order valence-electron chi connectivity index (χ1n) is 9.21. The second kappa shape index (κ2) is 7.56. The molecule has 0 N–H and O–H groups in total. The van der Waals surface area contributed by atoms with Gasteiger partial charge in [0.15, 0.2) is 18.9 Å². The van der Waals surface area contributed by atoms with E-state index < -0.39 is 0 Å².